The minimum Gasteiger partial charge on any atom is -0.497 e. The molecule has 0 heterocycles. The van der Waals surface area contributed by atoms with E-state index in [2.05, 4.69) is 6.58 Å². The van der Waals surface area contributed by atoms with Gasteiger partial charge >= 0.3 is 5.97 Å². The molecule has 0 aliphatic rings. The molecular formula is C15H18O4. The van der Waals surface area contributed by atoms with Crippen molar-refractivity contribution in [3.63, 3.8) is 0 Å². The summed E-state index contributed by atoms with van der Waals surface area (Å²) >= 11 is 0. The lowest BCUT2D eigenvalue weighted by molar-refractivity contribution is -0.149. The second-order valence-corrected chi connectivity index (χ2v) is 4.15. The number of allylic oxidation sites excluding steroid dienone is 1. The highest BCUT2D eigenvalue weighted by Gasteiger charge is 2.32. The summed E-state index contributed by atoms with van der Waals surface area (Å²) in [7, 11) is 2.85. The van der Waals surface area contributed by atoms with Gasteiger partial charge < -0.3 is 9.47 Å². The Morgan fingerprint density at radius 2 is 1.79 bits per heavy atom. The van der Waals surface area contributed by atoms with Crippen LogP contribution in [0.4, 0.5) is 0 Å². The fourth-order valence-corrected chi connectivity index (χ4v) is 1.98. The zero-order valence-electron chi connectivity index (χ0n) is 11.4. The zero-order chi connectivity index (χ0) is 14.4. The van der Waals surface area contributed by atoms with Crippen molar-refractivity contribution in [2.45, 2.75) is 12.8 Å². The third-order valence-corrected chi connectivity index (χ3v) is 3.01. The van der Waals surface area contributed by atoms with Crippen LogP contribution in [0.5, 0.6) is 5.75 Å². The molecule has 2 unspecified atom stereocenters. The largest absolute Gasteiger partial charge is 0.497 e. The molecule has 0 bridgehead atoms. The van der Waals surface area contributed by atoms with E-state index in [9.17, 15) is 9.59 Å². The number of carbonyl (C=O) groups is 2. The molecule has 0 N–H and O–H groups in total. The monoisotopic (exact) mass is 262 g/mol. The number of carbonyl (C=O) groups excluding carboxylic acids is 2. The number of methoxy groups -OCH3 is 2. The maximum absolute atomic E-state index is 11.7. The van der Waals surface area contributed by atoms with E-state index in [1.807, 2.05) is 12.1 Å². The second-order valence-electron chi connectivity index (χ2n) is 4.15. The standard InChI is InChI=1S/C15H18O4/c1-5-13(14(10(2)16)15(17)19-4)11-6-8-12(18-3)9-7-11/h5-9,13-14H,1H2,2-4H3. The summed E-state index contributed by atoms with van der Waals surface area (Å²) in [4.78, 5) is 23.4. The number of hydrogen-bond acceptors (Lipinski definition) is 4. The van der Waals surface area contributed by atoms with Crippen molar-refractivity contribution in [1.29, 1.82) is 0 Å². The van der Waals surface area contributed by atoms with Gasteiger partial charge in [0, 0.05) is 5.92 Å². The second kappa shape index (κ2) is 6.73. The SMILES string of the molecule is C=CC(c1ccc(OC)cc1)C(C(C)=O)C(=O)OC. The Hall–Kier alpha value is -2.10. The molecule has 4 nitrogen and oxygen atoms in total. The molecule has 1 aromatic carbocycles. The molecule has 19 heavy (non-hydrogen) atoms. The van der Waals surface area contributed by atoms with E-state index >= 15 is 0 Å². The lowest BCUT2D eigenvalue weighted by Gasteiger charge is -2.20. The number of rotatable bonds is 6. The van der Waals surface area contributed by atoms with Crippen LogP contribution >= 0.6 is 0 Å². The highest BCUT2D eigenvalue weighted by atomic mass is 16.5. The van der Waals surface area contributed by atoms with Crippen LogP contribution in [0.3, 0.4) is 0 Å². The Morgan fingerprint density at radius 3 is 2.16 bits per heavy atom. The van der Waals surface area contributed by atoms with E-state index in [0.29, 0.717) is 5.75 Å². The molecule has 2 atom stereocenters. The summed E-state index contributed by atoms with van der Waals surface area (Å²) < 4.78 is 9.77. The highest BCUT2D eigenvalue weighted by Crippen LogP contribution is 2.29. The van der Waals surface area contributed by atoms with E-state index in [4.69, 9.17) is 9.47 Å². The third kappa shape index (κ3) is 3.44. The fraction of sp³-hybridized carbons (Fsp3) is 0.333. The van der Waals surface area contributed by atoms with Crippen molar-refractivity contribution < 1.29 is 19.1 Å². The maximum atomic E-state index is 11.7. The van der Waals surface area contributed by atoms with Gasteiger partial charge in [-0.3, -0.25) is 9.59 Å². The molecule has 0 spiro atoms. The van der Waals surface area contributed by atoms with Crippen LogP contribution in [0.15, 0.2) is 36.9 Å². The van der Waals surface area contributed by atoms with Crippen molar-refractivity contribution in [3.8, 4) is 5.75 Å². The first-order chi connectivity index (χ1) is 9.04. The lowest BCUT2D eigenvalue weighted by atomic mass is 9.83. The number of ether oxygens (including phenoxy) is 2. The van der Waals surface area contributed by atoms with Crippen LogP contribution in [0.25, 0.3) is 0 Å². The van der Waals surface area contributed by atoms with E-state index < -0.39 is 17.8 Å². The summed E-state index contributed by atoms with van der Waals surface area (Å²) in [5.41, 5.74) is 0.821. The zero-order valence-corrected chi connectivity index (χ0v) is 11.4. The predicted molar refractivity (Wildman–Crippen MR) is 72.1 cm³/mol. The molecule has 0 aromatic heterocycles. The summed E-state index contributed by atoms with van der Waals surface area (Å²) in [5.74, 6) is -1.35. The molecular weight excluding hydrogens is 244 g/mol. The molecule has 4 heteroatoms. The quantitative estimate of drug-likeness (QED) is 0.448. The van der Waals surface area contributed by atoms with Gasteiger partial charge in [0.15, 0.2) is 0 Å². The minimum absolute atomic E-state index is 0.243. The number of benzene rings is 1. The normalized spacial score (nSPS) is 13.2. The van der Waals surface area contributed by atoms with Gasteiger partial charge in [0.05, 0.1) is 14.2 Å². The van der Waals surface area contributed by atoms with Crippen molar-refractivity contribution in [2.75, 3.05) is 14.2 Å². The van der Waals surface area contributed by atoms with Gasteiger partial charge in [-0.15, -0.1) is 6.58 Å². The van der Waals surface area contributed by atoms with Gasteiger partial charge in [-0.05, 0) is 24.6 Å². The van der Waals surface area contributed by atoms with Gasteiger partial charge in [0.1, 0.15) is 17.5 Å². The number of hydrogen-bond donors (Lipinski definition) is 0. The van der Waals surface area contributed by atoms with Gasteiger partial charge in [-0.25, -0.2) is 0 Å². The van der Waals surface area contributed by atoms with Gasteiger partial charge in [0.2, 0.25) is 0 Å². The Bertz CT molecular complexity index is 462. The molecule has 0 aliphatic carbocycles. The van der Waals surface area contributed by atoms with E-state index in [1.165, 1.54) is 14.0 Å². The first kappa shape index (κ1) is 15.0. The topological polar surface area (TPSA) is 52.6 Å². The number of Topliss-reactive ketones (excluding diaryl/α,β-unsaturated/α-hetero) is 1. The molecule has 0 radical (unpaired) electrons. The molecule has 1 aromatic rings. The van der Waals surface area contributed by atoms with Crippen LogP contribution in [0.2, 0.25) is 0 Å². The Kier molecular flexibility index (Phi) is 5.30. The fourth-order valence-electron chi connectivity index (χ4n) is 1.98. The smallest absolute Gasteiger partial charge is 0.317 e. The van der Waals surface area contributed by atoms with E-state index in [0.717, 1.165) is 5.56 Å². The van der Waals surface area contributed by atoms with E-state index in [-0.39, 0.29) is 5.78 Å². The van der Waals surface area contributed by atoms with Crippen molar-refractivity contribution in [3.05, 3.63) is 42.5 Å². The first-order valence-electron chi connectivity index (χ1n) is 5.90. The van der Waals surface area contributed by atoms with Gasteiger partial charge in [-0.2, -0.15) is 0 Å². The molecule has 0 aliphatic heterocycles. The molecule has 0 saturated heterocycles. The average molecular weight is 262 g/mol. The molecule has 1 rings (SSSR count). The molecule has 0 amide bonds. The summed E-state index contributed by atoms with van der Waals surface area (Å²) in [5, 5.41) is 0. The Morgan fingerprint density at radius 1 is 1.21 bits per heavy atom. The Balaban J connectivity index is 3.11. The van der Waals surface area contributed by atoms with Gasteiger partial charge in [-0.1, -0.05) is 18.2 Å². The van der Waals surface area contributed by atoms with Gasteiger partial charge in [0.25, 0.3) is 0 Å². The number of ketones is 1. The van der Waals surface area contributed by atoms with Crippen molar-refractivity contribution >= 4 is 11.8 Å². The minimum atomic E-state index is -0.865. The van der Waals surface area contributed by atoms with Crippen LogP contribution < -0.4 is 4.74 Å². The average Bonchev–Trinajstić information content (AvgIpc) is 2.43. The van der Waals surface area contributed by atoms with Crippen LogP contribution in [-0.2, 0) is 14.3 Å². The summed E-state index contributed by atoms with van der Waals surface area (Å²) in [6.07, 6.45) is 1.59. The van der Waals surface area contributed by atoms with E-state index in [1.54, 1.807) is 25.3 Å². The van der Waals surface area contributed by atoms with Crippen LogP contribution in [0, 0.1) is 5.92 Å². The molecule has 102 valence electrons. The predicted octanol–water partition coefficient (Wildman–Crippen LogP) is 2.34. The third-order valence-electron chi connectivity index (χ3n) is 3.01. The van der Waals surface area contributed by atoms with Crippen molar-refractivity contribution in [2.24, 2.45) is 5.92 Å². The highest BCUT2D eigenvalue weighted by molar-refractivity contribution is 5.99. The summed E-state index contributed by atoms with van der Waals surface area (Å²) in [6, 6.07) is 7.18. The van der Waals surface area contributed by atoms with Crippen LogP contribution in [0.1, 0.15) is 18.4 Å². The lowest BCUT2D eigenvalue weighted by Crippen LogP contribution is -2.28. The molecule has 0 fully saturated rings. The summed E-state index contributed by atoms with van der Waals surface area (Å²) in [6.45, 7) is 5.09. The Labute approximate surface area is 113 Å². The first-order valence-corrected chi connectivity index (χ1v) is 5.90. The maximum Gasteiger partial charge on any atom is 0.317 e. The molecule has 0 saturated carbocycles. The van der Waals surface area contributed by atoms with Crippen LogP contribution in [-0.4, -0.2) is 26.0 Å². The number of esters is 1. The van der Waals surface area contributed by atoms with Crippen molar-refractivity contribution in [1.82, 2.24) is 0 Å².